The molecule has 0 unspecified atom stereocenters. The lowest BCUT2D eigenvalue weighted by atomic mass is 9.95. The van der Waals surface area contributed by atoms with Crippen molar-refractivity contribution in [1.29, 1.82) is 0 Å². The Kier molecular flexibility index (Phi) is 8.39. The van der Waals surface area contributed by atoms with E-state index in [1.54, 1.807) is 20.8 Å². The standard InChI is InChI=1S/C25H32O7/c1-25(2,3)24(28)32-22-21(30-16-18-12-8-5-9-13-18)20(19(14-26)31-23(22)27)29-15-17-10-6-4-7-11-17/h4-13,19-23,26-27H,14-16H2,1-3H3/t19-,20-,21+,22-,23-/m1/s1. The molecule has 7 nitrogen and oxygen atoms in total. The fraction of sp³-hybridized carbons (Fsp3) is 0.480. The van der Waals surface area contributed by atoms with Gasteiger partial charge in [0.1, 0.15) is 18.3 Å². The van der Waals surface area contributed by atoms with Gasteiger partial charge in [0.25, 0.3) is 0 Å². The second-order valence-electron chi connectivity index (χ2n) is 8.89. The predicted octanol–water partition coefficient (Wildman–Crippen LogP) is 2.82. The number of esters is 1. The largest absolute Gasteiger partial charge is 0.454 e. The zero-order valence-corrected chi connectivity index (χ0v) is 18.7. The molecule has 7 heteroatoms. The van der Waals surface area contributed by atoms with Crippen LogP contribution in [0.4, 0.5) is 0 Å². The highest BCUT2D eigenvalue weighted by Gasteiger charge is 2.49. The van der Waals surface area contributed by atoms with E-state index in [1.165, 1.54) is 0 Å². The van der Waals surface area contributed by atoms with E-state index in [1.807, 2.05) is 60.7 Å². The van der Waals surface area contributed by atoms with Crippen molar-refractivity contribution < 1.29 is 34.0 Å². The van der Waals surface area contributed by atoms with Gasteiger partial charge < -0.3 is 29.2 Å². The van der Waals surface area contributed by atoms with E-state index >= 15 is 0 Å². The van der Waals surface area contributed by atoms with Crippen molar-refractivity contribution in [1.82, 2.24) is 0 Å². The maximum atomic E-state index is 12.6. The summed E-state index contributed by atoms with van der Waals surface area (Å²) in [6.45, 7) is 5.25. The minimum atomic E-state index is -1.46. The van der Waals surface area contributed by atoms with E-state index < -0.39 is 42.1 Å². The predicted molar refractivity (Wildman–Crippen MR) is 117 cm³/mol. The number of aliphatic hydroxyl groups is 2. The van der Waals surface area contributed by atoms with Crippen molar-refractivity contribution in [3.63, 3.8) is 0 Å². The van der Waals surface area contributed by atoms with Crippen LogP contribution >= 0.6 is 0 Å². The van der Waals surface area contributed by atoms with E-state index in [2.05, 4.69) is 0 Å². The van der Waals surface area contributed by atoms with Gasteiger partial charge >= 0.3 is 5.97 Å². The van der Waals surface area contributed by atoms with Crippen LogP contribution in [-0.2, 0) is 37.0 Å². The Labute approximate surface area is 188 Å². The third-order valence-corrected chi connectivity index (χ3v) is 5.22. The molecular weight excluding hydrogens is 412 g/mol. The lowest BCUT2D eigenvalue weighted by Crippen LogP contribution is -2.61. The molecule has 0 radical (unpaired) electrons. The van der Waals surface area contributed by atoms with Crippen LogP contribution in [0.5, 0.6) is 0 Å². The summed E-state index contributed by atoms with van der Waals surface area (Å²) in [4.78, 5) is 12.6. The maximum Gasteiger partial charge on any atom is 0.311 e. The number of hydrogen-bond donors (Lipinski definition) is 2. The quantitative estimate of drug-likeness (QED) is 0.605. The van der Waals surface area contributed by atoms with E-state index in [0.29, 0.717) is 0 Å². The van der Waals surface area contributed by atoms with Crippen molar-refractivity contribution >= 4 is 5.97 Å². The monoisotopic (exact) mass is 444 g/mol. The van der Waals surface area contributed by atoms with Gasteiger partial charge in [0.2, 0.25) is 0 Å². The summed E-state index contributed by atoms with van der Waals surface area (Å²) >= 11 is 0. The molecule has 0 spiro atoms. The van der Waals surface area contributed by atoms with Crippen molar-refractivity contribution in [3.05, 3.63) is 71.8 Å². The van der Waals surface area contributed by atoms with Crippen LogP contribution in [0.3, 0.4) is 0 Å². The second-order valence-corrected chi connectivity index (χ2v) is 8.89. The van der Waals surface area contributed by atoms with Gasteiger partial charge in [0.05, 0.1) is 25.2 Å². The lowest BCUT2D eigenvalue weighted by molar-refractivity contribution is -0.309. The number of carbonyl (C=O) groups excluding carboxylic acids is 1. The highest BCUT2D eigenvalue weighted by Crippen LogP contribution is 2.30. The smallest absolute Gasteiger partial charge is 0.311 e. The molecule has 2 N–H and O–H groups in total. The molecule has 2 aromatic rings. The van der Waals surface area contributed by atoms with Crippen molar-refractivity contribution in [2.24, 2.45) is 5.41 Å². The third-order valence-electron chi connectivity index (χ3n) is 5.22. The van der Waals surface area contributed by atoms with Crippen LogP contribution in [0.1, 0.15) is 31.9 Å². The summed E-state index contributed by atoms with van der Waals surface area (Å²) in [5.41, 5.74) is 1.06. The average Bonchev–Trinajstić information content (AvgIpc) is 2.78. The zero-order chi connectivity index (χ0) is 23.1. The lowest BCUT2D eigenvalue weighted by Gasteiger charge is -2.44. The first kappa shape index (κ1) is 24.4. The fourth-order valence-corrected chi connectivity index (χ4v) is 3.39. The fourth-order valence-electron chi connectivity index (χ4n) is 3.39. The zero-order valence-electron chi connectivity index (χ0n) is 18.7. The third kappa shape index (κ3) is 6.37. The summed E-state index contributed by atoms with van der Waals surface area (Å²) in [5, 5.41) is 20.5. The second kappa shape index (κ2) is 11.0. The van der Waals surface area contributed by atoms with Gasteiger partial charge in [-0.3, -0.25) is 4.79 Å². The molecule has 0 bridgehead atoms. The van der Waals surface area contributed by atoms with Crippen molar-refractivity contribution in [2.45, 2.75) is 64.7 Å². The Morgan fingerprint density at radius 1 is 0.875 bits per heavy atom. The first-order valence-electron chi connectivity index (χ1n) is 10.8. The van der Waals surface area contributed by atoms with Gasteiger partial charge in [-0.2, -0.15) is 0 Å². The molecule has 3 rings (SSSR count). The maximum absolute atomic E-state index is 12.6. The Morgan fingerprint density at radius 3 is 1.84 bits per heavy atom. The van der Waals surface area contributed by atoms with Crippen molar-refractivity contribution in [2.75, 3.05) is 6.61 Å². The van der Waals surface area contributed by atoms with Crippen LogP contribution < -0.4 is 0 Å². The minimum Gasteiger partial charge on any atom is -0.454 e. The number of aliphatic hydroxyl groups excluding tert-OH is 2. The van der Waals surface area contributed by atoms with Gasteiger partial charge in [-0.15, -0.1) is 0 Å². The summed E-state index contributed by atoms with van der Waals surface area (Å²) in [6, 6.07) is 19.1. The summed E-state index contributed by atoms with van der Waals surface area (Å²) < 4.78 is 23.5. The highest BCUT2D eigenvalue weighted by atomic mass is 16.7. The Morgan fingerprint density at radius 2 is 1.38 bits per heavy atom. The number of benzene rings is 2. The topological polar surface area (TPSA) is 94.5 Å². The van der Waals surface area contributed by atoms with E-state index in [4.69, 9.17) is 18.9 Å². The number of hydrogen-bond acceptors (Lipinski definition) is 7. The number of carbonyl (C=O) groups is 1. The Bertz CT molecular complexity index is 834. The van der Waals surface area contributed by atoms with E-state index in [0.717, 1.165) is 11.1 Å². The molecule has 1 aliphatic heterocycles. The van der Waals surface area contributed by atoms with E-state index in [-0.39, 0.29) is 19.8 Å². The number of rotatable bonds is 8. The molecule has 1 saturated heterocycles. The van der Waals surface area contributed by atoms with Gasteiger partial charge in [-0.1, -0.05) is 60.7 Å². The van der Waals surface area contributed by atoms with Crippen molar-refractivity contribution in [3.8, 4) is 0 Å². The molecule has 0 amide bonds. The van der Waals surface area contributed by atoms with Crippen LogP contribution in [0.25, 0.3) is 0 Å². The molecule has 0 aliphatic carbocycles. The molecule has 0 aromatic heterocycles. The first-order chi connectivity index (χ1) is 15.3. The molecule has 1 aliphatic rings. The average molecular weight is 445 g/mol. The molecule has 32 heavy (non-hydrogen) atoms. The first-order valence-corrected chi connectivity index (χ1v) is 10.8. The van der Waals surface area contributed by atoms with Crippen LogP contribution in [0.2, 0.25) is 0 Å². The minimum absolute atomic E-state index is 0.213. The summed E-state index contributed by atoms with van der Waals surface area (Å²) in [6.07, 6.45) is -5.06. The van der Waals surface area contributed by atoms with Gasteiger partial charge in [-0.25, -0.2) is 0 Å². The molecule has 174 valence electrons. The van der Waals surface area contributed by atoms with E-state index in [9.17, 15) is 15.0 Å². The van der Waals surface area contributed by atoms with Gasteiger partial charge in [0, 0.05) is 0 Å². The molecule has 1 heterocycles. The SMILES string of the molecule is CC(C)(C)C(=O)O[C@@H]1[C@@H](OCc2ccccc2)[C@H](OCc2ccccc2)[C@@H](CO)O[C@H]1O. The molecule has 1 fully saturated rings. The highest BCUT2D eigenvalue weighted by molar-refractivity contribution is 5.75. The molecule has 5 atom stereocenters. The number of ether oxygens (including phenoxy) is 4. The Balaban J connectivity index is 1.84. The normalized spacial score (nSPS) is 26.0. The Hall–Kier alpha value is -2.29. The summed E-state index contributed by atoms with van der Waals surface area (Å²) in [7, 11) is 0. The van der Waals surface area contributed by atoms with Gasteiger partial charge in [0.15, 0.2) is 12.4 Å². The van der Waals surface area contributed by atoms with Gasteiger partial charge in [-0.05, 0) is 31.9 Å². The van der Waals surface area contributed by atoms with Crippen LogP contribution in [0.15, 0.2) is 60.7 Å². The van der Waals surface area contributed by atoms with Crippen LogP contribution in [0, 0.1) is 5.41 Å². The molecule has 2 aromatic carbocycles. The molecule has 0 saturated carbocycles. The molecular formula is C25H32O7. The summed E-state index contributed by atoms with van der Waals surface area (Å²) in [5.74, 6) is -0.497. The van der Waals surface area contributed by atoms with Crippen LogP contribution in [-0.4, -0.2) is 53.5 Å².